The molecule has 10 heteroatoms. The SMILES string of the molecule is O=C(Cn1cc([N+](=O)[O-])cn1)NCC(F)(F)F. The number of hydrogen-bond donors (Lipinski definition) is 1. The van der Waals surface area contributed by atoms with Gasteiger partial charge in [-0.05, 0) is 0 Å². The predicted molar refractivity (Wildman–Crippen MR) is 47.9 cm³/mol. The molecule has 0 aliphatic carbocycles. The van der Waals surface area contributed by atoms with Crippen LogP contribution >= 0.6 is 0 Å². The number of hydrogen-bond acceptors (Lipinski definition) is 4. The number of carbonyl (C=O) groups excluding carboxylic acids is 1. The van der Waals surface area contributed by atoms with Gasteiger partial charge in [0.05, 0.1) is 4.92 Å². The molecule has 94 valence electrons. The van der Waals surface area contributed by atoms with E-state index in [0.717, 1.165) is 17.1 Å². The van der Waals surface area contributed by atoms with Crippen molar-refractivity contribution in [2.75, 3.05) is 6.54 Å². The van der Waals surface area contributed by atoms with Crippen LogP contribution in [0.15, 0.2) is 12.4 Å². The lowest BCUT2D eigenvalue weighted by atomic mass is 10.5. The maximum atomic E-state index is 11.7. The number of nitrogens with one attached hydrogen (secondary N) is 1. The number of alkyl halides is 3. The Morgan fingerprint density at radius 3 is 2.71 bits per heavy atom. The summed E-state index contributed by atoms with van der Waals surface area (Å²) in [4.78, 5) is 20.5. The van der Waals surface area contributed by atoms with Crippen molar-refractivity contribution in [3.8, 4) is 0 Å². The van der Waals surface area contributed by atoms with Crippen molar-refractivity contribution in [3.05, 3.63) is 22.5 Å². The largest absolute Gasteiger partial charge is 0.405 e. The molecule has 0 radical (unpaired) electrons. The average Bonchev–Trinajstić information content (AvgIpc) is 2.62. The van der Waals surface area contributed by atoms with Gasteiger partial charge in [-0.1, -0.05) is 0 Å². The first kappa shape index (κ1) is 12.9. The molecule has 0 saturated carbocycles. The Labute approximate surface area is 92.4 Å². The van der Waals surface area contributed by atoms with Gasteiger partial charge in [0.15, 0.2) is 0 Å². The first-order valence-electron chi connectivity index (χ1n) is 4.28. The summed E-state index contributed by atoms with van der Waals surface area (Å²) in [5, 5.41) is 15.3. The zero-order valence-electron chi connectivity index (χ0n) is 8.27. The third kappa shape index (κ3) is 4.49. The third-order valence-corrected chi connectivity index (χ3v) is 1.62. The summed E-state index contributed by atoms with van der Waals surface area (Å²) in [6.45, 7) is -1.96. The van der Waals surface area contributed by atoms with Gasteiger partial charge >= 0.3 is 11.9 Å². The van der Waals surface area contributed by atoms with E-state index in [1.54, 1.807) is 5.32 Å². The molecule has 0 spiro atoms. The van der Waals surface area contributed by atoms with Crippen LogP contribution in [0.3, 0.4) is 0 Å². The molecule has 0 fully saturated rings. The maximum Gasteiger partial charge on any atom is 0.405 e. The number of halogens is 3. The second-order valence-electron chi connectivity index (χ2n) is 3.05. The summed E-state index contributed by atoms with van der Waals surface area (Å²) in [5.41, 5.74) is -0.339. The minimum absolute atomic E-state index is 0.339. The average molecular weight is 252 g/mol. The molecule has 1 rings (SSSR count). The molecule has 0 aliphatic heterocycles. The number of amides is 1. The summed E-state index contributed by atoms with van der Waals surface area (Å²) in [6, 6.07) is 0. The van der Waals surface area contributed by atoms with Crippen molar-refractivity contribution in [2.24, 2.45) is 0 Å². The van der Waals surface area contributed by atoms with Crippen LogP contribution in [-0.2, 0) is 11.3 Å². The molecule has 0 bridgehead atoms. The number of carbonyl (C=O) groups is 1. The lowest BCUT2D eigenvalue weighted by molar-refractivity contribution is -0.385. The van der Waals surface area contributed by atoms with Crippen molar-refractivity contribution >= 4 is 11.6 Å². The molecule has 1 aromatic heterocycles. The summed E-state index contributed by atoms with van der Waals surface area (Å²) >= 11 is 0. The van der Waals surface area contributed by atoms with Gasteiger partial charge in [0.25, 0.3) is 0 Å². The Bertz CT molecular complexity index is 428. The fraction of sp³-hybridized carbons (Fsp3) is 0.429. The maximum absolute atomic E-state index is 11.7. The van der Waals surface area contributed by atoms with Crippen molar-refractivity contribution in [2.45, 2.75) is 12.7 Å². The molecule has 7 nitrogen and oxygen atoms in total. The molecule has 17 heavy (non-hydrogen) atoms. The zero-order valence-corrected chi connectivity index (χ0v) is 8.27. The van der Waals surface area contributed by atoms with Crippen LogP contribution < -0.4 is 5.32 Å². The van der Waals surface area contributed by atoms with Crippen molar-refractivity contribution in [1.82, 2.24) is 15.1 Å². The Kier molecular flexibility index (Phi) is 3.66. The van der Waals surface area contributed by atoms with E-state index in [1.165, 1.54) is 0 Å². The van der Waals surface area contributed by atoms with E-state index >= 15 is 0 Å². The van der Waals surface area contributed by atoms with Gasteiger partial charge in [0.1, 0.15) is 25.5 Å². The number of aromatic nitrogens is 2. The highest BCUT2D eigenvalue weighted by Gasteiger charge is 2.27. The van der Waals surface area contributed by atoms with Crippen LogP contribution in [0, 0.1) is 10.1 Å². The van der Waals surface area contributed by atoms with Crippen molar-refractivity contribution in [3.63, 3.8) is 0 Å². The summed E-state index contributed by atoms with van der Waals surface area (Å²) in [5.74, 6) is -0.930. The molecule has 0 aromatic carbocycles. The van der Waals surface area contributed by atoms with Gasteiger partial charge in [0, 0.05) is 0 Å². The topological polar surface area (TPSA) is 90.1 Å². The minimum Gasteiger partial charge on any atom is -0.345 e. The van der Waals surface area contributed by atoms with Crippen LogP contribution in [0.2, 0.25) is 0 Å². The lowest BCUT2D eigenvalue weighted by Gasteiger charge is -2.07. The standard InChI is InChI=1S/C7H7F3N4O3/c8-7(9,10)4-11-6(15)3-13-2-5(1-12-13)14(16)17/h1-2H,3-4H2,(H,11,15). The van der Waals surface area contributed by atoms with Crippen molar-refractivity contribution < 1.29 is 22.9 Å². The highest BCUT2D eigenvalue weighted by Crippen LogP contribution is 2.12. The van der Waals surface area contributed by atoms with Gasteiger partial charge in [-0.2, -0.15) is 18.3 Å². The number of nitrogens with zero attached hydrogens (tertiary/aromatic N) is 3. The minimum atomic E-state index is -4.49. The van der Waals surface area contributed by atoms with Crippen LogP contribution in [0.1, 0.15) is 0 Å². The van der Waals surface area contributed by atoms with Crippen LogP contribution in [0.25, 0.3) is 0 Å². The second-order valence-corrected chi connectivity index (χ2v) is 3.05. The Balaban J connectivity index is 2.48. The van der Waals surface area contributed by atoms with Crippen LogP contribution in [0.5, 0.6) is 0 Å². The summed E-state index contributed by atoms with van der Waals surface area (Å²) < 4.78 is 36.1. The molecule has 1 amide bonds. The van der Waals surface area contributed by atoms with E-state index < -0.39 is 30.1 Å². The van der Waals surface area contributed by atoms with E-state index in [2.05, 4.69) is 5.10 Å². The third-order valence-electron chi connectivity index (χ3n) is 1.62. The molecule has 1 aromatic rings. The Hall–Kier alpha value is -2.13. The summed E-state index contributed by atoms with van der Waals surface area (Å²) in [7, 11) is 0. The molecule has 0 atom stereocenters. The zero-order chi connectivity index (χ0) is 13.1. The molecule has 0 unspecified atom stereocenters. The molecule has 1 N–H and O–H groups in total. The van der Waals surface area contributed by atoms with E-state index in [9.17, 15) is 28.1 Å². The van der Waals surface area contributed by atoms with Gasteiger partial charge in [-0.3, -0.25) is 19.6 Å². The van der Waals surface area contributed by atoms with E-state index in [0.29, 0.717) is 0 Å². The normalized spacial score (nSPS) is 11.2. The monoisotopic (exact) mass is 252 g/mol. The summed E-state index contributed by atoms with van der Waals surface area (Å²) in [6.07, 6.45) is -2.64. The highest BCUT2D eigenvalue weighted by atomic mass is 19.4. The highest BCUT2D eigenvalue weighted by molar-refractivity contribution is 5.75. The smallest absolute Gasteiger partial charge is 0.345 e. The van der Waals surface area contributed by atoms with Gasteiger partial charge in [0.2, 0.25) is 5.91 Å². The molecule has 1 heterocycles. The fourth-order valence-electron chi connectivity index (χ4n) is 0.935. The quantitative estimate of drug-likeness (QED) is 0.623. The van der Waals surface area contributed by atoms with E-state index in [4.69, 9.17) is 0 Å². The van der Waals surface area contributed by atoms with Gasteiger partial charge in [-0.15, -0.1) is 0 Å². The van der Waals surface area contributed by atoms with E-state index in [1.807, 2.05) is 0 Å². The molecule has 0 saturated heterocycles. The molecular weight excluding hydrogens is 245 g/mol. The van der Waals surface area contributed by atoms with Gasteiger partial charge in [-0.25, -0.2) is 0 Å². The first-order chi connectivity index (χ1) is 7.78. The Morgan fingerprint density at radius 1 is 1.59 bits per heavy atom. The second kappa shape index (κ2) is 4.80. The molecular formula is C7H7F3N4O3. The Morgan fingerprint density at radius 2 is 2.24 bits per heavy atom. The van der Waals surface area contributed by atoms with Crippen LogP contribution in [-0.4, -0.2) is 33.3 Å². The number of rotatable bonds is 4. The fourth-order valence-corrected chi connectivity index (χ4v) is 0.935. The number of nitro groups is 1. The first-order valence-corrected chi connectivity index (χ1v) is 4.28. The van der Waals surface area contributed by atoms with Crippen LogP contribution in [0.4, 0.5) is 18.9 Å². The van der Waals surface area contributed by atoms with Gasteiger partial charge < -0.3 is 5.32 Å². The predicted octanol–water partition coefficient (Wildman–Crippen LogP) is 0.470. The van der Waals surface area contributed by atoms with E-state index in [-0.39, 0.29) is 5.69 Å². The molecule has 0 aliphatic rings. The van der Waals surface area contributed by atoms with Crippen molar-refractivity contribution in [1.29, 1.82) is 0 Å². The lowest BCUT2D eigenvalue weighted by Crippen LogP contribution is -2.35.